The molecule has 4 amide bonds. The molecule has 0 aliphatic heterocycles. The predicted molar refractivity (Wildman–Crippen MR) is 199 cm³/mol. The molecule has 0 atom stereocenters. The van der Waals surface area contributed by atoms with Crippen molar-refractivity contribution in [1.29, 1.82) is 0 Å². The molecule has 54 heavy (non-hydrogen) atoms. The molecule has 0 aliphatic rings. The zero-order chi connectivity index (χ0) is 39.5. The van der Waals surface area contributed by atoms with Crippen molar-refractivity contribution in [1.82, 2.24) is 4.98 Å². The van der Waals surface area contributed by atoms with E-state index in [1.807, 2.05) is 0 Å². The summed E-state index contributed by atoms with van der Waals surface area (Å²) in [6.45, 7) is 8.01. The Balaban J connectivity index is 0.000000291. The van der Waals surface area contributed by atoms with Crippen LogP contribution in [0.25, 0.3) is 0 Å². The van der Waals surface area contributed by atoms with E-state index in [1.54, 1.807) is 82.3 Å². The van der Waals surface area contributed by atoms with E-state index < -0.39 is 35.9 Å². The Hall–Kier alpha value is -6.97. The zero-order valence-electron chi connectivity index (χ0n) is 30.3. The van der Waals surface area contributed by atoms with Gasteiger partial charge in [0.1, 0.15) is 11.6 Å². The second-order valence-electron chi connectivity index (χ2n) is 10.5. The highest BCUT2D eigenvalue weighted by Gasteiger charge is 2.14. The maximum atomic E-state index is 12.2. The van der Waals surface area contributed by atoms with Crippen molar-refractivity contribution in [3.63, 3.8) is 0 Å². The highest BCUT2D eigenvalue weighted by atomic mass is 16.5. The molecule has 16 heteroatoms. The summed E-state index contributed by atoms with van der Waals surface area (Å²) in [5.74, 6) is -1.20. The lowest BCUT2D eigenvalue weighted by Crippen LogP contribution is -2.20. The summed E-state index contributed by atoms with van der Waals surface area (Å²) in [6.07, 6.45) is 1.32. The SMILES string of the molecule is CCOC(=O)c1ccc(NC(=O)Nc2ccc(C(=O)OCC)cc2OC)cc1.CCOC(=O)c1ccc(NC(=O)Nc2ccc(C(=O)OCC)cn2)cc1. The molecule has 1 heterocycles. The van der Waals surface area contributed by atoms with Crippen LogP contribution in [0, 0.1) is 0 Å². The molecule has 0 bridgehead atoms. The van der Waals surface area contributed by atoms with E-state index in [1.165, 1.54) is 37.6 Å². The van der Waals surface area contributed by atoms with Gasteiger partial charge >= 0.3 is 35.9 Å². The van der Waals surface area contributed by atoms with Crippen molar-refractivity contribution in [2.24, 2.45) is 0 Å². The summed E-state index contributed by atoms with van der Waals surface area (Å²) >= 11 is 0. The quantitative estimate of drug-likeness (QED) is 0.0826. The fourth-order valence-electron chi connectivity index (χ4n) is 4.31. The number of pyridine rings is 1. The fourth-order valence-corrected chi connectivity index (χ4v) is 4.31. The van der Waals surface area contributed by atoms with Gasteiger partial charge in [-0.25, -0.2) is 33.8 Å². The average Bonchev–Trinajstić information content (AvgIpc) is 3.16. The lowest BCUT2D eigenvalue weighted by molar-refractivity contribution is 0.0516. The molecule has 0 unspecified atom stereocenters. The standard InChI is InChI=1S/C20H22N2O6.C18H19N3O5/c1-4-27-18(23)13-6-9-15(10-7-13)21-20(25)22-16-11-8-14(12-17(16)26-3)19(24)28-5-2;1-3-25-16(22)12-5-8-14(9-6-12)20-18(24)21-15-10-7-13(11-19-15)17(23)26-4-2/h6-12H,4-5H2,1-3H3,(H2,21,22,25);5-11H,3-4H2,1-2H3,(H2,19,20,21,24). The van der Waals surface area contributed by atoms with Gasteiger partial charge in [0.15, 0.2) is 0 Å². The summed E-state index contributed by atoms with van der Waals surface area (Å²) in [5.41, 5.74) is 2.78. The minimum Gasteiger partial charge on any atom is -0.495 e. The molecule has 3 aromatic carbocycles. The molecular formula is C38H41N5O11. The van der Waals surface area contributed by atoms with E-state index in [0.29, 0.717) is 51.7 Å². The van der Waals surface area contributed by atoms with Gasteiger partial charge in [-0.15, -0.1) is 0 Å². The van der Waals surface area contributed by atoms with Crippen LogP contribution >= 0.6 is 0 Å². The highest BCUT2D eigenvalue weighted by molar-refractivity contribution is 6.02. The number of methoxy groups -OCH3 is 1. The van der Waals surface area contributed by atoms with Crippen molar-refractivity contribution in [3.8, 4) is 5.75 Å². The molecule has 4 aromatic rings. The first-order valence-electron chi connectivity index (χ1n) is 16.7. The number of amides is 4. The van der Waals surface area contributed by atoms with Crippen molar-refractivity contribution in [2.45, 2.75) is 27.7 Å². The number of rotatable bonds is 13. The van der Waals surface area contributed by atoms with Crippen LogP contribution in [0.3, 0.4) is 0 Å². The van der Waals surface area contributed by atoms with Crippen LogP contribution in [-0.4, -0.2) is 74.5 Å². The van der Waals surface area contributed by atoms with E-state index in [9.17, 15) is 28.8 Å². The summed E-state index contributed by atoms with van der Waals surface area (Å²) in [6, 6.07) is 19.1. The summed E-state index contributed by atoms with van der Waals surface area (Å²) in [4.78, 5) is 74.7. The Morgan fingerprint density at radius 1 is 0.500 bits per heavy atom. The minimum atomic E-state index is -0.509. The van der Waals surface area contributed by atoms with E-state index >= 15 is 0 Å². The molecule has 0 radical (unpaired) electrons. The van der Waals surface area contributed by atoms with Crippen LogP contribution in [0.15, 0.2) is 85.1 Å². The molecule has 4 rings (SSSR count). The summed E-state index contributed by atoms with van der Waals surface area (Å²) in [5, 5.41) is 10.4. The third-order valence-corrected chi connectivity index (χ3v) is 6.78. The van der Waals surface area contributed by atoms with Gasteiger partial charge in [0, 0.05) is 17.6 Å². The molecule has 0 fully saturated rings. The van der Waals surface area contributed by atoms with Crippen molar-refractivity contribution in [3.05, 3.63) is 107 Å². The molecule has 4 N–H and O–H groups in total. The normalized spacial score (nSPS) is 9.94. The number of esters is 4. The number of urea groups is 2. The second-order valence-corrected chi connectivity index (χ2v) is 10.5. The largest absolute Gasteiger partial charge is 0.495 e. The first-order valence-corrected chi connectivity index (χ1v) is 16.7. The minimum absolute atomic E-state index is 0.262. The molecule has 284 valence electrons. The Morgan fingerprint density at radius 2 is 0.907 bits per heavy atom. The zero-order valence-corrected chi connectivity index (χ0v) is 30.3. The van der Waals surface area contributed by atoms with Gasteiger partial charge < -0.3 is 39.6 Å². The number of hydrogen-bond acceptors (Lipinski definition) is 12. The molecule has 0 saturated carbocycles. The number of carbonyl (C=O) groups excluding carboxylic acids is 6. The third kappa shape index (κ3) is 13.0. The van der Waals surface area contributed by atoms with Gasteiger partial charge in [-0.2, -0.15) is 0 Å². The number of aromatic nitrogens is 1. The van der Waals surface area contributed by atoms with Gasteiger partial charge in [-0.1, -0.05) is 0 Å². The van der Waals surface area contributed by atoms with Gasteiger partial charge in [-0.3, -0.25) is 5.32 Å². The molecule has 0 spiro atoms. The number of carbonyl (C=O) groups is 6. The van der Waals surface area contributed by atoms with Crippen molar-refractivity contribution >= 4 is 58.8 Å². The van der Waals surface area contributed by atoms with E-state index in [2.05, 4.69) is 26.3 Å². The Bertz CT molecular complexity index is 1830. The average molecular weight is 744 g/mol. The second kappa shape index (κ2) is 21.4. The maximum Gasteiger partial charge on any atom is 0.339 e. The maximum absolute atomic E-state index is 12.2. The number of nitrogens with zero attached hydrogens (tertiary/aromatic N) is 1. The lowest BCUT2D eigenvalue weighted by Gasteiger charge is -2.12. The van der Waals surface area contributed by atoms with Crippen LogP contribution in [0.4, 0.5) is 32.5 Å². The molecule has 0 saturated heterocycles. The van der Waals surface area contributed by atoms with Gasteiger partial charge in [0.25, 0.3) is 0 Å². The van der Waals surface area contributed by atoms with Gasteiger partial charge in [0.05, 0.1) is 61.5 Å². The molecule has 16 nitrogen and oxygen atoms in total. The van der Waals surface area contributed by atoms with E-state index in [4.69, 9.17) is 23.7 Å². The van der Waals surface area contributed by atoms with Crippen LogP contribution in [0.2, 0.25) is 0 Å². The Morgan fingerprint density at radius 3 is 1.33 bits per heavy atom. The summed E-state index contributed by atoms with van der Waals surface area (Å²) in [7, 11) is 1.43. The molecule has 1 aromatic heterocycles. The van der Waals surface area contributed by atoms with Crippen LogP contribution in [0.5, 0.6) is 5.75 Å². The number of nitrogens with one attached hydrogen (secondary N) is 4. The van der Waals surface area contributed by atoms with E-state index in [0.717, 1.165) is 0 Å². The Kier molecular flexibility index (Phi) is 16.4. The molecule has 0 aliphatic carbocycles. The monoisotopic (exact) mass is 743 g/mol. The highest BCUT2D eigenvalue weighted by Crippen LogP contribution is 2.26. The van der Waals surface area contributed by atoms with Crippen LogP contribution in [-0.2, 0) is 18.9 Å². The first kappa shape index (κ1) is 41.5. The number of hydrogen-bond donors (Lipinski definition) is 4. The predicted octanol–water partition coefficient (Wildman–Crippen LogP) is 6.77. The summed E-state index contributed by atoms with van der Waals surface area (Å²) < 4.78 is 24.8. The number of ether oxygens (including phenoxy) is 5. The lowest BCUT2D eigenvalue weighted by atomic mass is 10.2. The van der Waals surface area contributed by atoms with Crippen molar-refractivity contribution in [2.75, 3.05) is 54.8 Å². The Labute approximate surface area is 311 Å². The van der Waals surface area contributed by atoms with Crippen LogP contribution in [0.1, 0.15) is 69.1 Å². The third-order valence-electron chi connectivity index (χ3n) is 6.78. The smallest absolute Gasteiger partial charge is 0.339 e. The van der Waals surface area contributed by atoms with Crippen LogP contribution < -0.4 is 26.0 Å². The molecular weight excluding hydrogens is 702 g/mol. The first-order chi connectivity index (χ1) is 26.0. The topological polar surface area (TPSA) is 210 Å². The van der Waals surface area contributed by atoms with Gasteiger partial charge in [0.2, 0.25) is 0 Å². The van der Waals surface area contributed by atoms with Gasteiger partial charge in [-0.05, 0) is 107 Å². The fraction of sp³-hybridized carbons (Fsp3) is 0.237. The van der Waals surface area contributed by atoms with Crippen molar-refractivity contribution < 1.29 is 52.5 Å². The number of benzene rings is 3. The van der Waals surface area contributed by atoms with E-state index in [-0.39, 0.29) is 25.6 Å². The number of anilines is 4.